The van der Waals surface area contributed by atoms with Crippen molar-refractivity contribution in [1.29, 1.82) is 0 Å². The van der Waals surface area contributed by atoms with E-state index in [1.165, 1.54) is 18.8 Å². The molecule has 1 aliphatic heterocycles. The van der Waals surface area contributed by atoms with E-state index in [1.54, 1.807) is 4.90 Å². The number of aromatic carboxylic acids is 1. The molecule has 1 aromatic heterocycles. The summed E-state index contributed by atoms with van der Waals surface area (Å²) in [4.78, 5) is 30.8. The second kappa shape index (κ2) is 7.80. The van der Waals surface area contributed by atoms with E-state index in [0.717, 1.165) is 12.3 Å². The average Bonchev–Trinajstić information content (AvgIpc) is 3.45. The average molecular weight is 436 g/mol. The molecule has 9 nitrogen and oxygen atoms in total. The number of carboxylic acid groups (broad SMARTS) is 1. The van der Waals surface area contributed by atoms with Crippen LogP contribution >= 0.6 is 0 Å². The molecule has 2 fully saturated rings. The summed E-state index contributed by atoms with van der Waals surface area (Å²) >= 11 is 0. The summed E-state index contributed by atoms with van der Waals surface area (Å²) in [6.45, 7) is 0.578. The lowest BCUT2D eigenvalue weighted by atomic mass is 10.0. The maximum absolute atomic E-state index is 15.3. The highest BCUT2D eigenvalue weighted by atomic mass is 19.1. The second-order valence-electron chi connectivity index (χ2n) is 7.61. The van der Waals surface area contributed by atoms with Crippen molar-refractivity contribution in [2.45, 2.75) is 31.1 Å². The van der Waals surface area contributed by atoms with Crippen LogP contribution in [0.3, 0.4) is 0 Å². The van der Waals surface area contributed by atoms with Crippen molar-refractivity contribution < 1.29 is 28.3 Å². The number of carbonyl (C=O) groups is 1. The summed E-state index contributed by atoms with van der Waals surface area (Å²) in [7, 11) is 2.73. The fourth-order valence-corrected chi connectivity index (χ4v) is 4.09. The van der Waals surface area contributed by atoms with Gasteiger partial charge < -0.3 is 29.9 Å². The molecule has 11 heteroatoms. The molecule has 2 heterocycles. The maximum Gasteiger partial charge on any atom is 0.341 e. The van der Waals surface area contributed by atoms with Crippen molar-refractivity contribution in [1.82, 2.24) is 4.57 Å². The standard InChI is InChI=1S/C20H22F2N4O5/c1-30-19-16-9(18(27)10(20(28)29)7-26(16)15-6-11(15)21)5-12(22)17(19)25-4-3-14(24-31-2)13(23)8-25/h5,7,11,13,15H,3-4,6,8,23H2,1-2H3,(H,28,29)/b24-14-/t11-,13?,15+/m0/s1. The van der Waals surface area contributed by atoms with Crippen LogP contribution < -0.4 is 20.8 Å². The lowest BCUT2D eigenvalue weighted by Gasteiger charge is -2.34. The number of piperidine rings is 1. The Balaban J connectivity index is 1.94. The summed E-state index contributed by atoms with van der Waals surface area (Å²) in [5, 5.41) is 13.1. The monoisotopic (exact) mass is 436 g/mol. The molecule has 31 heavy (non-hydrogen) atoms. The smallest absolute Gasteiger partial charge is 0.341 e. The van der Waals surface area contributed by atoms with Gasteiger partial charge in [-0.15, -0.1) is 0 Å². The zero-order valence-electron chi connectivity index (χ0n) is 17.0. The Hall–Kier alpha value is -3.21. The highest BCUT2D eigenvalue weighted by Gasteiger charge is 2.41. The summed E-state index contributed by atoms with van der Waals surface area (Å²) in [6.07, 6.45) is 0.502. The number of nitrogens with two attached hydrogens (primary N) is 1. The van der Waals surface area contributed by atoms with E-state index in [2.05, 4.69) is 5.16 Å². The number of ether oxygens (including phenoxy) is 1. The molecule has 1 aromatic carbocycles. The second-order valence-corrected chi connectivity index (χ2v) is 7.61. The number of fused-ring (bicyclic) bond motifs is 1. The van der Waals surface area contributed by atoms with E-state index in [9.17, 15) is 19.1 Å². The predicted octanol–water partition coefficient (Wildman–Crippen LogP) is 1.67. The molecule has 166 valence electrons. The molecule has 0 spiro atoms. The minimum absolute atomic E-state index is 0.0301. The molecule has 0 bridgehead atoms. The number of nitrogens with zero attached hydrogens (tertiary/aromatic N) is 3. The molecule has 3 atom stereocenters. The quantitative estimate of drug-likeness (QED) is 0.685. The van der Waals surface area contributed by atoms with E-state index < -0.39 is 41.0 Å². The lowest BCUT2D eigenvalue weighted by Crippen LogP contribution is -2.49. The minimum atomic E-state index is -1.47. The first kappa shape index (κ1) is 21.0. The highest BCUT2D eigenvalue weighted by Crippen LogP contribution is 2.45. The van der Waals surface area contributed by atoms with E-state index in [0.29, 0.717) is 18.7 Å². The van der Waals surface area contributed by atoms with Crippen LogP contribution in [0, 0.1) is 5.82 Å². The number of oxime groups is 1. The molecule has 0 amide bonds. The lowest BCUT2D eigenvalue weighted by molar-refractivity contribution is 0.0694. The van der Waals surface area contributed by atoms with Gasteiger partial charge in [0.2, 0.25) is 5.43 Å². The van der Waals surface area contributed by atoms with Crippen LogP contribution in [0.15, 0.2) is 22.2 Å². The van der Waals surface area contributed by atoms with E-state index in [-0.39, 0.29) is 35.3 Å². The van der Waals surface area contributed by atoms with Crippen LogP contribution in [0.1, 0.15) is 29.2 Å². The normalized spacial score (nSPS) is 24.5. The third-order valence-electron chi connectivity index (χ3n) is 5.68. The van der Waals surface area contributed by atoms with Gasteiger partial charge in [0.1, 0.15) is 24.5 Å². The van der Waals surface area contributed by atoms with Gasteiger partial charge in [-0.3, -0.25) is 4.79 Å². The number of halogens is 2. The van der Waals surface area contributed by atoms with Crippen molar-refractivity contribution in [3.8, 4) is 5.75 Å². The van der Waals surface area contributed by atoms with Crippen molar-refractivity contribution in [2.75, 3.05) is 32.2 Å². The third-order valence-corrected chi connectivity index (χ3v) is 5.68. The summed E-state index contributed by atoms with van der Waals surface area (Å²) in [6, 6.07) is -0.181. The van der Waals surface area contributed by atoms with E-state index in [4.69, 9.17) is 15.3 Å². The van der Waals surface area contributed by atoms with Gasteiger partial charge in [0, 0.05) is 32.1 Å². The SMILES string of the molecule is CO/N=C1/CCN(c2c(F)cc3c(=O)c(C(=O)O)cn([C@@H]4C[C@@H]4F)c3c2OC)CC1N. The number of aromatic nitrogens is 1. The number of methoxy groups -OCH3 is 1. The van der Waals surface area contributed by atoms with Gasteiger partial charge in [-0.05, 0) is 6.07 Å². The number of anilines is 1. The van der Waals surface area contributed by atoms with E-state index >= 15 is 4.39 Å². The molecule has 2 aromatic rings. The minimum Gasteiger partial charge on any atom is -0.492 e. The zero-order valence-corrected chi connectivity index (χ0v) is 17.0. The van der Waals surface area contributed by atoms with Crippen LogP contribution in [0.4, 0.5) is 14.5 Å². The Morgan fingerprint density at radius 3 is 2.65 bits per heavy atom. The Kier molecular flexibility index (Phi) is 5.29. The van der Waals surface area contributed by atoms with Crippen LogP contribution in [0.5, 0.6) is 5.75 Å². The van der Waals surface area contributed by atoms with Gasteiger partial charge in [-0.25, -0.2) is 13.6 Å². The molecule has 1 aliphatic carbocycles. The number of rotatable bonds is 5. The van der Waals surface area contributed by atoms with Crippen molar-refractivity contribution in [2.24, 2.45) is 10.9 Å². The van der Waals surface area contributed by atoms with Gasteiger partial charge in [0.15, 0.2) is 11.6 Å². The Morgan fingerprint density at radius 2 is 2.10 bits per heavy atom. The number of benzene rings is 1. The van der Waals surface area contributed by atoms with Crippen LogP contribution in [0.25, 0.3) is 10.9 Å². The Labute approximate surface area is 175 Å². The van der Waals surface area contributed by atoms with Crippen molar-refractivity contribution >= 4 is 28.3 Å². The van der Waals surface area contributed by atoms with Crippen LogP contribution in [0.2, 0.25) is 0 Å². The van der Waals surface area contributed by atoms with Gasteiger partial charge >= 0.3 is 5.97 Å². The largest absolute Gasteiger partial charge is 0.492 e. The van der Waals surface area contributed by atoms with Gasteiger partial charge in [0.25, 0.3) is 0 Å². The van der Waals surface area contributed by atoms with Crippen molar-refractivity contribution in [3.05, 3.63) is 33.9 Å². The summed E-state index contributed by atoms with van der Waals surface area (Å²) in [5.74, 6) is -2.20. The molecule has 1 saturated carbocycles. The van der Waals surface area contributed by atoms with Crippen LogP contribution in [-0.2, 0) is 4.84 Å². The molecule has 4 rings (SSSR count). The first-order valence-electron chi connectivity index (χ1n) is 9.71. The highest BCUT2D eigenvalue weighted by molar-refractivity contribution is 5.98. The third kappa shape index (κ3) is 3.48. The number of carboxylic acids is 1. The maximum atomic E-state index is 15.3. The molecule has 1 saturated heterocycles. The van der Waals surface area contributed by atoms with Crippen molar-refractivity contribution in [3.63, 3.8) is 0 Å². The number of pyridine rings is 1. The molecule has 1 unspecified atom stereocenters. The topological polar surface area (TPSA) is 119 Å². The Morgan fingerprint density at radius 1 is 1.39 bits per heavy atom. The molecular formula is C20H22F2N4O5. The predicted molar refractivity (Wildman–Crippen MR) is 109 cm³/mol. The van der Waals surface area contributed by atoms with Gasteiger partial charge in [0.05, 0.1) is 35.8 Å². The summed E-state index contributed by atoms with van der Waals surface area (Å²) in [5.41, 5.74) is 5.61. The fraction of sp³-hybridized carbons (Fsp3) is 0.450. The molecular weight excluding hydrogens is 414 g/mol. The molecule has 0 radical (unpaired) electrons. The number of hydrogen-bond donors (Lipinski definition) is 2. The Bertz CT molecular complexity index is 1150. The fourth-order valence-electron chi connectivity index (χ4n) is 4.09. The summed E-state index contributed by atoms with van der Waals surface area (Å²) < 4.78 is 36.1. The first-order chi connectivity index (χ1) is 14.8. The number of alkyl halides is 1. The molecule has 3 N–H and O–H groups in total. The van der Waals surface area contributed by atoms with E-state index in [1.807, 2.05) is 0 Å². The zero-order chi connectivity index (χ0) is 22.4. The van der Waals surface area contributed by atoms with Gasteiger partial charge in [-0.1, -0.05) is 5.16 Å². The van der Waals surface area contributed by atoms with Gasteiger partial charge in [-0.2, -0.15) is 0 Å². The first-order valence-corrected chi connectivity index (χ1v) is 9.71. The molecule has 2 aliphatic rings. The number of hydrogen-bond acceptors (Lipinski definition) is 7. The van der Waals surface area contributed by atoms with Crippen LogP contribution in [-0.4, -0.2) is 60.9 Å².